The molecular weight excluding hydrogens is 548 g/mol. The molecule has 0 saturated heterocycles. The van der Waals surface area contributed by atoms with Crippen molar-refractivity contribution in [1.29, 1.82) is 0 Å². The van der Waals surface area contributed by atoms with E-state index in [1.54, 1.807) is 13.1 Å². The first-order valence-corrected chi connectivity index (χ1v) is 13.4. The van der Waals surface area contributed by atoms with E-state index in [2.05, 4.69) is 5.32 Å². The number of allylic oxidation sites excluding steroid dienone is 1. The Labute approximate surface area is 194 Å². The van der Waals surface area contributed by atoms with Crippen molar-refractivity contribution < 1.29 is 39.7 Å². The molecule has 0 spiro atoms. The minimum absolute atomic E-state index is 0.0373. The summed E-state index contributed by atoms with van der Waals surface area (Å²) >= 11 is -0.106. The van der Waals surface area contributed by atoms with Crippen LogP contribution >= 0.6 is 19.1 Å². The predicted molar refractivity (Wildman–Crippen MR) is 112 cm³/mol. The van der Waals surface area contributed by atoms with Gasteiger partial charge in [-0.1, -0.05) is 0 Å². The number of hydrogen-bond donors (Lipinski definition) is 4. The third kappa shape index (κ3) is 4.64. The van der Waals surface area contributed by atoms with Gasteiger partial charge in [0, 0.05) is 42.3 Å². The molecule has 2 aliphatic heterocycles. The molecule has 1 fully saturated rings. The van der Waals surface area contributed by atoms with Crippen molar-refractivity contribution in [1.82, 2.24) is 5.32 Å². The van der Waals surface area contributed by atoms with E-state index in [1.807, 2.05) is 6.92 Å². The van der Waals surface area contributed by atoms with E-state index >= 15 is 8.78 Å². The van der Waals surface area contributed by atoms with Crippen LogP contribution < -0.4 is 20.9 Å². The summed E-state index contributed by atoms with van der Waals surface area (Å²) < 4.78 is 30.8. The zero-order valence-electron chi connectivity index (χ0n) is 16.6. The molecule has 1 aliphatic carbocycles. The van der Waals surface area contributed by atoms with Gasteiger partial charge < -0.3 is 31.1 Å². The van der Waals surface area contributed by atoms with E-state index in [0.29, 0.717) is 6.54 Å². The molecule has 0 radical (unpaired) electrons. The Morgan fingerprint density at radius 2 is 1.87 bits per heavy atom. The van der Waals surface area contributed by atoms with Crippen molar-refractivity contribution in [2.24, 2.45) is 0 Å². The number of nitrogens with one attached hydrogen (secondary N) is 1. The Bertz CT molecular complexity index is 959. The van der Waals surface area contributed by atoms with Crippen molar-refractivity contribution in [3.63, 3.8) is 0 Å². The van der Waals surface area contributed by atoms with Crippen molar-refractivity contribution in [3.8, 4) is 0 Å². The van der Waals surface area contributed by atoms with Crippen LogP contribution in [-0.4, -0.2) is 34.8 Å². The first-order chi connectivity index (χ1) is 14.6. The van der Waals surface area contributed by atoms with Crippen molar-refractivity contribution in [2.45, 2.75) is 44.9 Å². The van der Waals surface area contributed by atoms with Gasteiger partial charge in [0.15, 0.2) is 11.6 Å². The molecule has 1 aromatic carbocycles. The molecule has 0 bridgehead atoms. The molecule has 3 aliphatic rings. The summed E-state index contributed by atoms with van der Waals surface area (Å²) in [6, 6.07) is -0.142. The van der Waals surface area contributed by atoms with E-state index in [0.717, 1.165) is 18.5 Å². The summed E-state index contributed by atoms with van der Waals surface area (Å²) in [7, 11) is 9.63. The Balaban J connectivity index is 0.000000858. The first kappa shape index (κ1) is 24.1. The number of aliphatic carboxylic acids is 1. The second kappa shape index (κ2) is 9.51. The quantitative estimate of drug-likeness (QED) is 0.326. The number of carboxylic acid groups (broad SMARTS) is 1. The minimum atomic E-state index is -1.71. The van der Waals surface area contributed by atoms with Crippen LogP contribution in [0.5, 0.6) is 0 Å². The number of carbonyl (C=O) groups is 1. The molecule has 2 atom stereocenters. The average molecular weight is 570 g/mol. The Kier molecular flexibility index (Phi) is 7.39. The number of fused-ring (bicyclic) bond motifs is 1. The van der Waals surface area contributed by atoms with E-state index in [9.17, 15) is 15.0 Å². The molecule has 174 valence electrons. The molecule has 1 aromatic rings. The number of anilines is 3. The van der Waals surface area contributed by atoms with E-state index in [1.165, 1.54) is 16.0 Å². The van der Waals surface area contributed by atoms with Gasteiger partial charge in [-0.25, -0.2) is 13.6 Å². The number of aliphatic hydroxyl groups excluding tert-OH is 1. The Hall–Kier alpha value is -1.57. The maximum absolute atomic E-state index is 15.7. The second-order valence-corrected chi connectivity index (χ2v) is 10.00. The zero-order chi connectivity index (χ0) is 23.0. The Morgan fingerprint density at radius 1 is 1.26 bits per heavy atom. The molecule has 1 saturated carbocycles. The SMILES string of the molecule is CC1=CN(c2c(F)c(N)c3c(c2F)N(C2CC2)C=C(C(=O)O)C3O)CC(C)N1.[Cl][Pd][Cl]. The summed E-state index contributed by atoms with van der Waals surface area (Å²) in [6.45, 7) is 4.01. The second-order valence-electron chi connectivity index (χ2n) is 7.64. The monoisotopic (exact) mass is 568 g/mol. The third-order valence-electron chi connectivity index (χ3n) is 5.28. The van der Waals surface area contributed by atoms with Crippen molar-refractivity contribution in [2.75, 3.05) is 22.1 Å². The van der Waals surface area contributed by atoms with Crippen LogP contribution in [0.25, 0.3) is 0 Å². The van der Waals surface area contributed by atoms with Crippen LogP contribution in [0.4, 0.5) is 25.8 Å². The van der Waals surface area contributed by atoms with Gasteiger partial charge in [0.05, 0.1) is 16.9 Å². The molecule has 5 N–H and O–H groups in total. The molecule has 2 heterocycles. The number of nitrogens with two attached hydrogens (primary N) is 1. The van der Waals surface area contributed by atoms with Gasteiger partial charge in [-0.15, -0.1) is 0 Å². The van der Waals surface area contributed by atoms with Gasteiger partial charge >= 0.3 is 41.0 Å². The molecule has 0 amide bonds. The third-order valence-corrected chi connectivity index (χ3v) is 5.28. The fraction of sp³-hybridized carbons (Fsp3) is 0.421. The number of nitrogen functional groups attached to an aromatic ring is 1. The predicted octanol–water partition coefficient (Wildman–Crippen LogP) is 3.57. The van der Waals surface area contributed by atoms with E-state index in [4.69, 9.17) is 24.8 Å². The number of rotatable bonds is 3. The van der Waals surface area contributed by atoms with Gasteiger partial charge in [-0.3, -0.25) is 0 Å². The summed E-state index contributed by atoms with van der Waals surface area (Å²) in [5, 5.41) is 23.1. The number of aliphatic hydroxyl groups is 1. The van der Waals surface area contributed by atoms with Crippen LogP contribution in [0.1, 0.15) is 38.4 Å². The normalized spacial score (nSPS) is 22.7. The van der Waals surface area contributed by atoms with Crippen LogP contribution in [-0.2, 0) is 20.7 Å². The molecule has 4 rings (SSSR count). The van der Waals surface area contributed by atoms with Gasteiger partial charge in [0.1, 0.15) is 11.8 Å². The number of halogens is 4. The van der Waals surface area contributed by atoms with Crippen molar-refractivity contribution in [3.05, 3.63) is 40.9 Å². The van der Waals surface area contributed by atoms with Gasteiger partial charge in [-0.05, 0) is 26.7 Å². The molecule has 7 nitrogen and oxygen atoms in total. The topological polar surface area (TPSA) is 102 Å². The first-order valence-electron chi connectivity index (χ1n) is 9.38. The average Bonchev–Trinajstić information content (AvgIpc) is 3.51. The number of benzene rings is 1. The van der Waals surface area contributed by atoms with Crippen molar-refractivity contribution >= 4 is 42.1 Å². The number of nitrogens with zero attached hydrogens (tertiary/aromatic N) is 2. The van der Waals surface area contributed by atoms with Crippen LogP contribution in [0.2, 0.25) is 0 Å². The molecule has 2 unspecified atom stereocenters. The van der Waals surface area contributed by atoms with Crippen LogP contribution in [0, 0.1) is 11.6 Å². The van der Waals surface area contributed by atoms with Gasteiger partial charge in [-0.2, -0.15) is 0 Å². The van der Waals surface area contributed by atoms with E-state index in [-0.39, 0.29) is 50.5 Å². The van der Waals surface area contributed by atoms with Gasteiger partial charge in [0.25, 0.3) is 0 Å². The molecule has 12 heteroatoms. The number of carboxylic acids is 1. The van der Waals surface area contributed by atoms with Crippen LogP contribution in [0.15, 0.2) is 23.7 Å². The zero-order valence-corrected chi connectivity index (χ0v) is 19.7. The number of hydrogen-bond acceptors (Lipinski definition) is 6. The summed E-state index contributed by atoms with van der Waals surface area (Å²) in [5.74, 6) is -3.22. The fourth-order valence-electron chi connectivity index (χ4n) is 3.94. The standard InChI is InChI=1S/C19H22F2N4O3.2ClH.Pd/c1-8-5-24(6-9(2)23-8)17-13(20)15(22)12-16(14(17)21)25(10-3-4-10)7-11(18(12)26)19(27)28;;;/h5,7,9-10,18,23,26H,3-4,6,22H2,1-2H3,(H,27,28);2*1H;/q;;;+2/p-2. The Morgan fingerprint density at radius 3 is 2.39 bits per heavy atom. The van der Waals surface area contributed by atoms with Crippen LogP contribution in [0.3, 0.4) is 0 Å². The fourth-order valence-corrected chi connectivity index (χ4v) is 3.94. The maximum atomic E-state index is 15.7. The van der Waals surface area contributed by atoms with Gasteiger partial charge in [0.2, 0.25) is 0 Å². The summed E-state index contributed by atoms with van der Waals surface area (Å²) in [5.41, 5.74) is 5.36. The summed E-state index contributed by atoms with van der Waals surface area (Å²) in [6.07, 6.45) is 2.62. The molecule has 31 heavy (non-hydrogen) atoms. The summed E-state index contributed by atoms with van der Waals surface area (Å²) in [4.78, 5) is 14.5. The van der Waals surface area contributed by atoms with E-state index < -0.39 is 29.4 Å². The molecule has 0 aromatic heterocycles. The molecular formula is C19H22Cl2F2N4O3Pd.